The van der Waals surface area contributed by atoms with Crippen molar-refractivity contribution in [2.45, 2.75) is 25.7 Å². The highest BCUT2D eigenvalue weighted by Crippen LogP contribution is 2.43. The molecule has 9 rings (SSSR count). The maximum Gasteiger partial charge on any atom is 0.164 e. The van der Waals surface area contributed by atoms with E-state index >= 15 is 0 Å². The first-order chi connectivity index (χ1) is 21.8. The van der Waals surface area contributed by atoms with Gasteiger partial charge in [0.2, 0.25) is 0 Å². The second-order valence-electron chi connectivity index (χ2n) is 11.4. The number of rotatable bonds is 4. The van der Waals surface area contributed by atoms with Crippen molar-refractivity contribution in [1.29, 1.82) is 0 Å². The maximum absolute atomic E-state index is 6.40. The highest BCUT2D eigenvalue weighted by molar-refractivity contribution is 7.25. The van der Waals surface area contributed by atoms with Gasteiger partial charge in [-0.25, -0.2) is 15.0 Å². The van der Waals surface area contributed by atoms with E-state index in [2.05, 4.69) is 97.1 Å². The van der Waals surface area contributed by atoms with Gasteiger partial charge in [0.25, 0.3) is 0 Å². The Balaban J connectivity index is 1.24. The number of hydrogen-bond donors (Lipinski definition) is 0. The van der Waals surface area contributed by atoms with Crippen LogP contribution in [0.1, 0.15) is 41.1 Å². The Labute approximate surface area is 259 Å². The van der Waals surface area contributed by atoms with Gasteiger partial charge in [0, 0.05) is 60.8 Å². The zero-order valence-corrected chi connectivity index (χ0v) is 24.8. The highest BCUT2D eigenvalue weighted by atomic mass is 32.1. The summed E-state index contributed by atoms with van der Waals surface area (Å²) >= 11 is 1.81. The quantitative estimate of drug-likeness (QED) is 0.206. The minimum absolute atomic E-state index is 0.666. The third kappa shape index (κ3) is 4.15. The van der Waals surface area contributed by atoms with Crippen LogP contribution >= 0.6 is 11.3 Å². The molecule has 0 unspecified atom stereocenters. The van der Waals surface area contributed by atoms with Gasteiger partial charge in [-0.15, -0.1) is 11.3 Å². The first-order valence-electron chi connectivity index (χ1n) is 15.1. The molecule has 0 spiro atoms. The van der Waals surface area contributed by atoms with Crippen LogP contribution in [0.4, 0.5) is 0 Å². The monoisotopic (exact) mass is 585 g/mol. The van der Waals surface area contributed by atoms with Crippen LogP contribution in [-0.4, -0.2) is 15.0 Å². The maximum atomic E-state index is 6.40. The summed E-state index contributed by atoms with van der Waals surface area (Å²) in [6.45, 7) is 0. The second-order valence-corrected chi connectivity index (χ2v) is 12.4. The summed E-state index contributed by atoms with van der Waals surface area (Å²) in [5.41, 5.74) is 7.71. The number of aromatic nitrogens is 3. The summed E-state index contributed by atoms with van der Waals surface area (Å²) in [5, 5.41) is 2.54. The number of thiophene rings is 1. The summed E-state index contributed by atoms with van der Waals surface area (Å²) in [5.74, 6) is 4.20. The van der Waals surface area contributed by atoms with Gasteiger partial charge in [0.15, 0.2) is 17.5 Å². The molecule has 210 valence electrons. The van der Waals surface area contributed by atoms with Crippen molar-refractivity contribution in [2.75, 3.05) is 0 Å². The van der Waals surface area contributed by atoms with E-state index < -0.39 is 0 Å². The lowest BCUT2D eigenvalue weighted by molar-refractivity contribution is 0.462. The van der Waals surface area contributed by atoms with Gasteiger partial charge in [-0.1, -0.05) is 103 Å². The molecular weight excluding hydrogens is 559 g/mol. The van der Waals surface area contributed by atoms with Gasteiger partial charge in [-0.05, 0) is 36.1 Å². The molecule has 3 aromatic heterocycles. The van der Waals surface area contributed by atoms with Crippen molar-refractivity contribution in [2.24, 2.45) is 0 Å². The minimum atomic E-state index is 0.666. The summed E-state index contributed by atoms with van der Waals surface area (Å²) in [6.07, 6.45) is 10.7. The largest absolute Gasteiger partial charge is 0.465 e. The number of allylic oxidation sites excluding steroid dienone is 2. The van der Waals surface area contributed by atoms with Crippen molar-refractivity contribution in [3.63, 3.8) is 0 Å². The summed E-state index contributed by atoms with van der Waals surface area (Å²) < 4.78 is 8.91. The molecule has 0 amide bonds. The van der Waals surface area contributed by atoms with E-state index in [-0.39, 0.29) is 0 Å². The summed E-state index contributed by atoms with van der Waals surface area (Å²) in [7, 11) is 0. The fourth-order valence-corrected chi connectivity index (χ4v) is 7.75. The smallest absolute Gasteiger partial charge is 0.164 e. The van der Waals surface area contributed by atoms with Crippen LogP contribution in [0, 0.1) is 0 Å². The molecule has 2 aliphatic carbocycles. The van der Waals surface area contributed by atoms with E-state index in [1.807, 2.05) is 18.2 Å². The SMILES string of the molecule is C1=Cc2c(oc3c2C(c2ccccc2-c2nc(-c4ccccc4)nc(-c4ccc5c(c4)sc4ccccc45)n2)=CCC3)CC1. The van der Waals surface area contributed by atoms with Crippen LogP contribution < -0.4 is 0 Å². The second kappa shape index (κ2) is 10.2. The van der Waals surface area contributed by atoms with Crippen molar-refractivity contribution >= 4 is 43.2 Å². The van der Waals surface area contributed by atoms with E-state index in [1.54, 1.807) is 11.3 Å². The number of furan rings is 1. The Morgan fingerprint density at radius 1 is 0.591 bits per heavy atom. The number of aryl methyl sites for hydroxylation is 2. The molecule has 0 radical (unpaired) electrons. The molecule has 5 heteroatoms. The van der Waals surface area contributed by atoms with E-state index in [9.17, 15) is 0 Å². The van der Waals surface area contributed by atoms with Crippen LogP contribution in [0.2, 0.25) is 0 Å². The highest BCUT2D eigenvalue weighted by Gasteiger charge is 2.27. The molecule has 44 heavy (non-hydrogen) atoms. The number of benzene rings is 4. The van der Waals surface area contributed by atoms with Crippen molar-refractivity contribution in [1.82, 2.24) is 15.0 Å². The number of nitrogens with zero attached hydrogens (tertiary/aromatic N) is 3. The standard InChI is InChI=1S/C39H27N3OS/c1-2-11-24(12-3-1)37-40-38(25-21-22-28-27-14-7-9-20-34(27)44-35(28)23-25)42-39(41-37)30-15-5-4-13-26(30)29-17-10-19-33-36(29)31-16-6-8-18-32(31)43-33/h1-7,9,11-17,20-23H,8,10,18-19H2. The van der Waals surface area contributed by atoms with E-state index in [0.717, 1.165) is 59.5 Å². The third-order valence-electron chi connectivity index (χ3n) is 8.67. The molecule has 2 aliphatic rings. The van der Waals surface area contributed by atoms with Crippen LogP contribution in [0.3, 0.4) is 0 Å². The fraction of sp³-hybridized carbons (Fsp3) is 0.103. The van der Waals surface area contributed by atoms with Crippen molar-refractivity contribution in [3.05, 3.63) is 137 Å². The lowest BCUT2D eigenvalue weighted by Crippen LogP contribution is -2.04. The van der Waals surface area contributed by atoms with Crippen molar-refractivity contribution in [3.8, 4) is 34.2 Å². The predicted octanol–water partition coefficient (Wildman–Crippen LogP) is 10.2. The zero-order valence-electron chi connectivity index (χ0n) is 24.0. The summed E-state index contributed by atoms with van der Waals surface area (Å²) in [6, 6.07) is 33.8. The fourth-order valence-electron chi connectivity index (χ4n) is 6.61. The lowest BCUT2D eigenvalue weighted by atomic mass is 9.85. The van der Waals surface area contributed by atoms with Gasteiger partial charge in [0.05, 0.1) is 0 Å². The predicted molar refractivity (Wildman–Crippen MR) is 180 cm³/mol. The molecule has 0 saturated carbocycles. The Morgan fingerprint density at radius 3 is 2.23 bits per heavy atom. The molecule has 0 N–H and O–H groups in total. The van der Waals surface area contributed by atoms with Gasteiger partial charge >= 0.3 is 0 Å². The van der Waals surface area contributed by atoms with Crippen LogP contribution in [0.5, 0.6) is 0 Å². The Hall–Kier alpha value is -5.13. The molecule has 4 aromatic carbocycles. The average molecular weight is 586 g/mol. The molecule has 0 fully saturated rings. The van der Waals surface area contributed by atoms with Crippen LogP contribution in [0.25, 0.3) is 66.0 Å². The van der Waals surface area contributed by atoms with E-state index in [0.29, 0.717) is 17.5 Å². The number of hydrogen-bond acceptors (Lipinski definition) is 5. The molecule has 4 nitrogen and oxygen atoms in total. The van der Waals surface area contributed by atoms with Crippen LogP contribution in [-0.2, 0) is 12.8 Å². The molecular formula is C39H27N3OS. The first kappa shape index (κ1) is 25.4. The van der Waals surface area contributed by atoms with Gasteiger partial charge in [0.1, 0.15) is 11.5 Å². The lowest BCUT2D eigenvalue weighted by Gasteiger charge is -2.18. The van der Waals surface area contributed by atoms with Gasteiger partial charge in [-0.2, -0.15) is 0 Å². The number of fused-ring (bicyclic) bond motifs is 6. The normalized spacial score (nSPS) is 14.0. The Morgan fingerprint density at radius 2 is 1.32 bits per heavy atom. The minimum Gasteiger partial charge on any atom is -0.465 e. The average Bonchev–Trinajstić information content (AvgIpc) is 3.66. The first-order valence-corrected chi connectivity index (χ1v) is 16.0. The molecule has 0 saturated heterocycles. The molecule has 3 heterocycles. The van der Waals surface area contributed by atoms with Gasteiger partial charge in [-0.3, -0.25) is 0 Å². The van der Waals surface area contributed by atoms with Gasteiger partial charge < -0.3 is 4.42 Å². The summed E-state index contributed by atoms with van der Waals surface area (Å²) in [4.78, 5) is 15.3. The van der Waals surface area contributed by atoms with Crippen molar-refractivity contribution < 1.29 is 4.42 Å². The third-order valence-corrected chi connectivity index (χ3v) is 9.80. The van der Waals surface area contributed by atoms with Crippen LogP contribution in [0.15, 0.2) is 114 Å². The van der Waals surface area contributed by atoms with E-state index in [1.165, 1.54) is 36.9 Å². The zero-order chi connectivity index (χ0) is 29.0. The Bertz CT molecular complexity index is 2290. The Kier molecular flexibility index (Phi) is 5.91. The molecule has 0 bridgehead atoms. The van der Waals surface area contributed by atoms with E-state index in [4.69, 9.17) is 19.4 Å². The molecule has 0 atom stereocenters. The topological polar surface area (TPSA) is 51.8 Å². The molecule has 0 aliphatic heterocycles. The molecule has 7 aromatic rings.